The zero-order valence-electron chi connectivity index (χ0n) is 11.3. The summed E-state index contributed by atoms with van der Waals surface area (Å²) in [5.41, 5.74) is 1.96. The highest BCUT2D eigenvalue weighted by molar-refractivity contribution is 5.32. The highest BCUT2D eigenvalue weighted by Gasteiger charge is 1.98. The predicted molar refractivity (Wildman–Crippen MR) is 70.3 cm³/mol. The van der Waals surface area contributed by atoms with Gasteiger partial charge in [-0.2, -0.15) is 0 Å². The number of rotatable bonds is 7. The van der Waals surface area contributed by atoms with E-state index in [2.05, 4.69) is 29.1 Å². The number of hydrogen-bond acceptors (Lipinski definition) is 4. The zero-order valence-corrected chi connectivity index (χ0v) is 11.3. The van der Waals surface area contributed by atoms with Crippen LogP contribution in [0.3, 0.4) is 0 Å². The molecule has 0 aromatic carbocycles. The number of aryl methyl sites for hydroxylation is 2. The third-order valence-electron chi connectivity index (χ3n) is 2.42. The Balaban J connectivity index is 2.16. The summed E-state index contributed by atoms with van der Waals surface area (Å²) in [6, 6.07) is 0. The van der Waals surface area contributed by atoms with Crippen LogP contribution in [0.4, 0.5) is 5.82 Å². The standard InChI is InChI=1S/C13H23N3O/c1-10(2)9-17-7-5-6-14-13-8-15-11(3)12(4)16-13/h8,10H,5-7,9H2,1-4H3,(H,14,16). The first kappa shape index (κ1) is 13.9. The molecular weight excluding hydrogens is 214 g/mol. The summed E-state index contributed by atoms with van der Waals surface area (Å²) >= 11 is 0. The molecule has 96 valence electrons. The molecular formula is C13H23N3O. The second-order valence-electron chi connectivity index (χ2n) is 4.68. The van der Waals surface area contributed by atoms with Gasteiger partial charge in [0.1, 0.15) is 5.82 Å². The quantitative estimate of drug-likeness (QED) is 0.740. The fraction of sp³-hybridized carbons (Fsp3) is 0.692. The summed E-state index contributed by atoms with van der Waals surface area (Å²) in [5.74, 6) is 1.45. The van der Waals surface area contributed by atoms with E-state index in [1.807, 2.05) is 13.8 Å². The lowest BCUT2D eigenvalue weighted by Crippen LogP contribution is -2.10. The fourth-order valence-electron chi connectivity index (χ4n) is 1.34. The van der Waals surface area contributed by atoms with E-state index in [4.69, 9.17) is 4.74 Å². The van der Waals surface area contributed by atoms with Crippen LogP contribution in [0.2, 0.25) is 0 Å². The van der Waals surface area contributed by atoms with Crippen LogP contribution < -0.4 is 5.32 Å². The van der Waals surface area contributed by atoms with Crippen LogP contribution in [0.25, 0.3) is 0 Å². The smallest absolute Gasteiger partial charge is 0.144 e. The van der Waals surface area contributed by atoms with Gasteiger partial charge < -0.3 is 10.1 Å². The molecule has 1 aromatic rings. The number of hydrogen-bond donors (Lipinski definition) is 1. The molecule has 1 aromatic heterocycles. The molecule has 0 fully saturated rings. The Morgan fingerprint density at radius 3 is 2.71 bits per heavy atom. The van der Waals surface area contributed by atoms with Crippen LogP contribution in [0.15, 0.2) is 6.20 Å². The lowest BCUT2D eigenvalue weighted by atomic mass is 10.2. The first-order valence-corrected chi connectivity index (χ1v) is 6.21. The van der Waals surface area contributed by atoms with Gasteiger partial charge in [0.25, 0.3) is 0 Å². The van der Waals surface area contributed by atoms with Gasteiger partial charge in [-0.1, -0.05) is 13.8 Å². The molecule has 0 atom stereocenters. The third kappa shape index (κ3) is 5.63. The predicted octanol–water partition coefficient (Wildman–Crippen LogP) is 2.57. The van der Waals surface area contributed by atoms with Crippen LogP contribution >= 0.6 is 0 Å². The van der Waals surface area contributed by atoms with E-state index in [1.54, 1.807) is 6.20 Å². The van der Waals surface area contributed by atoms with Crippen molar-refractivity contribution >= 4 is 5.82 Å². The molecule has 0 amide bonds. The SMILES string of the molecule is Cc1ncc(NCCCOCC(C)C)nc1C. The highest BCUT2D eigenvalue weighted by Crippen LogP contribution is 2.05. The molecule has 0 saturated carbocycles. The maximum Gasteiger partial charge on any atom is 0.144 e. The van der Waals surface area contributed by atoms with E-state index in [-0.39, 0.29) is 0 Å². The van der Waals surface area contributed by atoms with Gasteiger partial charge in [-0.25, -0.2) is 4.98 Å². The molecule has 17 heavy (non-hydrogen) atoms. The van der Waals surface area contributed by atoms with E-state index >= 15 is 0 Å². The summed E-state index contributed by atoms with van der Waals surface area (Å²) in [4.78, 5) is 8.66. The van der Waals surface area contributed by atoms with Crippen LogP contribution in [0.1, 0.15) is 31.7 Å². The average molecular weight is 237 g/mol. The normalized spacial score (nSPS) is 10.9. The summed E-state index contributed by atoms with van der Waals surface area (Å²) in [6.45, 7) is 10.7. The molecule has 4 heteroatoms. The molecule has 0 aliphatic heterocycles. The number of ether oxygens (including phenoxy) is 1. The topological polar surface area (TPSA) is 47.0 Å². The molecule has 1 rings (SSSR count). The van der Waals surface area contributed by atoms with Crippen molar-refractivity contribution in [2.45, 2.75) is 34.1 Å². The largest absolute Gasteiger partial charge is 0.381 e. The molecule has 0 unspecified atom stereocenters. The first-order valence-electron chi connectivity index (χ1n) is 6.21. The van der Waals surface area contributed by atoms with E-state index in [0.29, 0.717) is 5.92 Å². The molecule has 0 bridgehead atoms. The Morgan fingerprint density at radius 1 is 1.29 bits per heavy atom. The molecule has 4 nitrogen and oxygen atoms in total. The number of nitrogens with zero attached hydrogens (tertiary/aromatic N) is 2. The second kappa shape index (κ2) is 7.22. The first-order chi connectivity index (χ1) is 8.09. The minimum absolute atomic E-state index is 0.605. The average Bonchev–Trinajstić information content (AvgIpc) is 2.27. The van der Waals surface area contributed by atoms with Crippen LogP contribution in [-0.2, 0) is 4.74 Å². The Morgan fingerprint density at radius 2 is 2.06 bits per heavy atom. The number of nitrogens with one attached hydrogen (secondary N) is 1. The summed E-state index contributed by atoms with van der Waals surface area (Å²) in [6.07, 6.45) is 2.76. The zero-order chi connectivity index (χ0) is 12.7. The van der Waals surface area contributed by atoms with Crippen molar-refractivity contribution in [2.24, 2.45) is 5.92 Å². The van der Waals surface area contributed by atoms with E-state index in [0.717, 1.165) is 43.4 Å². The molecule has 0 aliphatic carbocycles. The molecule has 0 saturated heterocycles. The van der Waals surface area contributed by atoms with Gasteiger partial charge in [-0.15, -0.1) is 0 Å². The third-order valence-corrected chi connectivity index (χ3v) is 2.42. The van der Waals surface area contributed by atoms with Crippen LogP contribution in [0.5, 0.6) is 0 Å². The van der Waals surface area contributed by atoms with Crippen LogP contribution in [0, 0.1) is 19.8 Å². The maximum absolute atomic E-state index is 5.50. The Kier molecular flexibility index (Phi) is 5.91. The molecule has 1 heterocycles. The van der Waals surface area contributed by atoms with Crippen molar-refractivity contribution in [1.29, 1.82) is 0 Å². The van der Waals surface area contributed by atoms with Gasteiger partial charge in [-0.3, -0.25) is 4.98 Å². The monoisotopic (exact) mass is 237 g/mol. The van der Waals surface area contributed by atoms with Gasteiger partial charge in [0.05, 0.1) is 17.6 Å². The molecule has 0 aliphatic rings. The Bertz CT molecular complexity index is 339. The number of aromatic nitrogens is 2. The lowest BCUT2D eigenvalue weighted by Gasteiger charge is -2.08. The van der Waals surface area contributed by atoms with Gasteiger partial charge in [0, 0.05) is 19.8 Å². The molecule has 0 spiro atoms. The van der Waals surface area contributed by atoms with Crippen LogP contribution in [-0.4, -0.2) is 29.7 Å². The van der Waals surface area contributed by atoms with Gasteiger partial charge >= 0.3 is 0 Å². The molecule has 1 N–H and O–H groups in total. The minimum Gasteiger partial charge on any atom is -0.381 e. The van der Waals surface area contributed by atoms with Crippen molar-refractivity contribution in [3.63, 3.8) is 0 Å². The van der Waals surface area contributed by atoms with E-state index in [9.17, 15) is 0 Å². The van der Waals surface area contributed by atoms with E-state index in [1.165, 1.54) is 0 Å². The fourth-order valence-corrected chi connectivity index (χ4v) is 1.34. The van der Waals surface area contributed by atoms with Crippen molar-refractivity contribution in [3.8, 4) is 0 Å². The van der Waals surface area contributed by atoms with Gasteiger partial charge in [0.15, 0.2) is 0 Å². The lowest BCUT2D eigenvalue weighted by molar-refractivity contribution is 0.110. The van der Waals surface area contributed by atoms with Crippen molar-refractivity contribution in [3.05, 3.63) is 17.6 Å². The molecule has 0 radical (unpaired) electrons. The van der Waals surface area contributed by atoms with E-state index < -0.39 is 0 Å². The highest BCUT2D eigenvalue weighted by atomic mass is 16.5. The maximum atomic E-state index is 5.50. The van der Waals surface area contributed by atoms with Crippen molar-refractivity contribution in [1.82, 2.24) is 9.97 Å². The summed E-state index contributed by atoms with van der Waals surface area (Å²) in [5, 5.41) is 3.25. The van der Waals surface area contributed by atoms with Crippen molar-refractivity contribution < 1.29 is 4.74 Å². The van der Waals surface area contributed by atoms with Crippen molar-refractivity contribution in [2.75, 3.05) is 25.1 Å². The Hall–Kier alpha value is -1.16. The minimum atomic E-state index is 0.605. The summed E-state index contributed by atoms with van der Waals surface area (Å²) in [7, 11) is 0. The summed E-state index contributed by atoms with van der Waals surface area (Å²) < 4.78 is 5.50. The second-order valence-corrected chi connectivity index (χ2v) is 4.68. The van der Waals surface area contributed by atoms with Gasteiger partial charge in [-0.05, 0) is 26.2 Å². The van der Waals surface area contributed by atoms with Gasteiger partial charge in [0.2, 0.25) is 0 Å². The Labute approximate surface area is 104 Å². The number of anilines is 1.